The maximum atomic E-state index is 12.9. The van der Waals surface area contributed by atoms with E-state index in [1.54, 1.807) is 20.9 Å². The lowest BCUT2D eigenvalue weighted by Gasteiger charge is -2.31. The van der Waals surface area contributed by atoms with Crippen LogP contribution in [-0.2, 0) is 20.0 Å². The van der Waals surface area contributed by atoms with Gasteiger partial charge in [-0.05, 0) is 20.8 Å². The molecule has 0 saturated heterocycles. The van der Waals surface area contributed by atoms with Gasteiger partial charge >= 0.3 is 31.1 Å². The molecule has 0 atom stereocenters. The molecule has 0 saturated carbocycles. The van der Waals surface area contributed by atoms with Crippen LogP contribution in [0.3, 0.4) is 0 Å². The summed E-state index contributed by atoms with van der Waals surface area (Å²) < 4.78 is 123. The number of nitrogens with zero attached hydrogens (tertiary/aromatic N) is 2. The molecule has 0 radical (unpaired) electrons. The van der Waals surface area contributed by atoms with E-state index in [-0.39, 0.29) is 11.0 Å². The number of quaternary nitrogens is 1. The van der Waals surface area contributed by atoms with Gasteiger partial charge in [0, 0.05) is 8.96 Å². The maximum Gasteiger partial charge on any atom is 0.561 e. The van der Waals surface area contributed by atoms with E-state index in [0.29, 0.717) is 13.1 Å². The molecule has 0 aliphatic carbocycles. The summed E-state index contributed by atoms with van der Waals surface area (Å²) in [6.07, 6.45) is -0.682. The number of halogens is 6. The van der Waals surface area contributed by atoms with E-state index < -0.39 is 52.2 Å². The first-order valence-electron chi connectivity index (χ1n) is 7.56. The van der Waals surface area contributed by atoms with Crippen molar-refractivity contribution in [1.82, 2.24) is 0 Å². The van der Waals surface area contributed by atoms with E-state index in [9.17, 15) is 43.2 Å². The third kappa shape index (κ3) is 5.44. The van der Waals surface area contributed by atoms with Crippen LogP contribution in [0.1, 0.15) is 27.2 Å². The van der Waals surface area contributed by atoms with Crippen molar-refractivity contribution in [1.29, 1.82) is 0 Å². The molecule has 0 unspecified atom stereocenters. The van der Waals surface area contributed by atoms with Gasteiger partial charge in [0.2, 0.25) is 5.71 Å². The van der Waals surface area contributed by atoms with Crippen molar-refractivity contribution in [2.75, 3.05) is 26.7 Å². The minimum absolute atomic E-state index is 0.105. The van der Waals surface area contributed by atoms with Gasteiger partial charge in [-0.1, -0.05) is 6.58 Å². The van der Waals surface area contributed by atoms with Crippen molar-refractivity contribution in [2.24, 2.45) is 0 Å². The fourth-order valence-corrected chi connectivity index (χ4v) is 4.97. The Morgan fingerprint density at radius 1 is 0.926 bits per heavy atom. The van der Waals surface area contributed by atoms with Gasteiger partial charge in [0.25, 0.3) is 0 Å². The van der Waals surface area contributed by atoms with Gasteiger partial charge in [-0.2, -0.15) is 43.2 Å². The standard InChI is InChI=1S/C13H22F6N2O4S2/c1-6-21(5,7-2)9-8-11(10(3)4)20(26(22,23)12(14,15)16)27(24,25)13(17,18)19/h3,6-9H2,1-2,4-5H3/q+2. The largest absolute Gasteiger partial charge is 0.561 e. The zero-order chi connectivity index (χ0) is 22.1. The number of hydrogen-bond donors (Lipinski definition) is 0. The van der Waals surface area contributed by atoms with Crippen LogP contribution < -0.4 is 0 Å². The highest BCUT2D eigenvalue weighted by Crippen LogP contribution is 2.33. The highest BCUT2D eigenvalue weighted by molar-refractivity contribution is 7.98. The molecular formula is C13H22F6N2O4S2+2. The summed E-state index contributed by atoms with van der Waals surface area (Å²) in [6.45, 7) is 8.27. The van der Waals surface area contributed by atoms with Crippen LogP contribution in [0.4, 0.5) is 26.3 Å². The van der Waals surface area contributed by atoms with Crippen molar-refractivity contribution in [3.8, 4) is 0 Å². The molecule has 0 heterocycles. The van der Waals surface area contributed by atoms with Gasteiger partial charge in [-0.15, -0.1) is 0 Å². The van der Waals surface area contributed by atoms with E-state index in [4.69, 9.17) is 0 Å². The van der Waals surface area contributed by atoms with E-state index in [1.165, 1.54) is 0 Å². The second-order valence-corrected chi connectivity index (χ2v) is 9.84. The SMILES string of the molecule is C=C(C)C(CC[N+](C)(CC)CC)=[N+](S(=O)(=O)C(F)(F)F)S(=O)(=O)C(F)(F)F. The van der Waals surface area contributed by atoms with Crippen LogP contribution >= 0.6 is 0 Å². The molecule has 0 aliphatic heterocycles. The maximum absolute atomic E-state index is 12.9. The summed E-state index contributed by atoms with van der Waals surface area (Å²) in [5.74, 6) is 0. The lowest BCUT2D eigenvalue weighted by molar-refractivity contribution is -0.905. The summed E-state index contributed by atoms with van der Waals surface area (Å²) in [6, 6.07) is 0. The highest BCUT2D eigenvalue weighted by atomic mass is 32.3. The van der Waals surface area contributed by atoms with E-state index >= 15 is 0 Å². The number of rotatable bonds is 8. The Kier molecular flexibility index (Phi) is 7.73. The monoisotopic (exact) mass is 448 g/mol. The Bertz CT molecular complexity index is 761. The van der Waals surface area contributed by atoms with Crippen LogP contribution in [0.5, 0.6) is 0 Å². The number of alkyl halides is 6. The molecule has 14 heteroatoms. The van der Waals surface area contributed by atoms with Gasteiger partial charge in [0.15, 0.2) is 0 Å². The lowest BCUT2D eigenvalue weighted by atomic mass is 10.1. The average Bonchev–Trinajstić information content (AvgIpc) is 2.47. The molecule has 0 fully saturated rings. The smallest absolute Gasteiger partial charge is 0.326 e. The Morgan fingerprint density at radius 3 is 1.48 bits per heavy atom. The van der Waals surface area contributed by atoms with Gasteiger partial charge in [0.1, 0.15) is 0 Å². The Morgan fingerprint density at radius 2 is 1.26 bits per heavy atom. The normalized spacial score (nSPS) is 14.1. The fourth-order valence-electron chi connectivity index (χ4n) is 1.98. The summed E-state index contributed by atoms with van der Waals surface area (Å²) in [5, 5.41) is 0. The quantitative estimate of drug-likeness (QED) is 0.248. The number of hydrogen-bond acceptors (Lipinski definition) is 4. The van der Waals surface area contributed by atoms with E-state index in [2.05, 4.69) is 6.58 Å². The zero-order valence-electron chi connectivity index (χ0n) is 15.1. The summed E-state index contributed by atoms with van der Waals surface area (Å²) in [7, 11) is -12.1. The minimum atomic E-state index is -6.88. The summed E-state index contributed by atoms with van der Waals surface area (Å²) in [4.78, 5) is 0. The molecule has 0 aromatic heterocycles. The van der Waals surface area contributed by atoms with Gasteiger partial charge in [-0.3, -0.25) is 0 Å². The minimum Gasteiger partial charge on any atom is -0.326 e. The van der Waals surface area contributed by atoms with Gasteiger partial charge in [0.05, 0.1) is 33.1 Å². The molecule has 0 aromatic carbocycles. The third-order valence-corrected chi connectivity index (χ3v) is 7.81. The van der Waals surface area contributed by atoms with Crippen LogP contribution in [0.15, 0.2) is 12.2 Å². The molecule has 27 heavy (non-hydrogen) atoms. The molecule has 0 spiro atoms. The second kappa shape index (κ2) is 8.07. The topological polar surface area (TPSA) is 71.3 Å². The molecule has 0 N–H and O–H groups in total. The Labute approximate surface area is 154 Å². The van der Waals surface area contributed by atoms with Crippen molar-refractivity contribution in [2.45, 2.75) is 38.2 Å². The number of sulfonamides is 2. The van der Waals surface area contributed by atoms with Crippen molar-refractivity contribution in [3.05, 3.63) is 12.2 Å². The van der Waals surface area contributed by atoms with Crippen LogP contribution in [-0.4, -0.2) is 68.1 Å². The molecule has 6 nitrogen and oxygen atoms in total. The molecular weight excluding hydrogens is 426 g/mol. The highest BCUT2D eigenvalue weighted by Gasteiger charge is 2.68. The Hall–Kier alpha value is -1.15. The predicted molar refractivity (Wildman–Crippen MR) is 86.8 cm³/mol. The zero-order valence-corrected chi connectivity index (χ0v) is 16.8. The molecule has 0 aliphatic rings. The van der Waals surface area contributed by atoms with Crippen LogP contribution in [0.25, 0.3) is 0 Å². The molecule has 0 aromatic rings. The van der Waals surface area contributed by atoms with Crippen LogP contribution in [0.2, 0.25) is 0 Å². The lowest BCUT2D eigenvalue weighted by Crippen LogP contribution is -2.49. The second-order valence-electron chi connectivity index (χ2n) is 6.05. The third-order valence-electron chi connectivity index (χ3n) is 4.15. The van der Waals surface area contributed by atoms with E-state index in [1.807, 2.05) is 0 Å². The van der Waals surface area contributed by atoms with Gasteiger partial charge in [-0.25, -0.2) is 0 Å². The average molecular weight is 448 g/mol. The first-order chi connectivity index (χ1) is 11.8. The first kappa shape index (κ1) is 25.9. The van der Waals surface area contributed by atoms with Gasteiger partial charge < -0.3 is 4.48 Å². The van der Waals surface area contributed by atoms with Crippen molar-refractivity contribution in [3.63, 3.8) is 0 Å². The fraction of sp³-hybridized carbons (Fsp3) is 0.769. The summed E-state index contributed by atoms with van der Waals surface area (Å²) >= 11 is 0. The van der Waals surface area contributed by atoms with Crippen molar-refractivity contribution >= 4 is 25.8 Å². The first-order valence-corrected chi connectivity index (χ1v) is 10.4. The Balaban J connectivity index is 6.98. The van der Waals surface area contributed by atoms with Crippen molar-refractivity contribution < 1.29 is 51.0 Å². The molecule has 0 bridgehead atoms. The van der Waals surface area contributed by atoms with Crippen LogP contribution in [0, 0.1) is 0 Å². The molecule has 160 valence electrons. The number of allylic oxidation sites excluding steroid dienone is 1. The molecule has 0 rings (SSSR count). The van der Waals surface area contributed by atoms with E-state index in [0.717, 1.165) is 6.92 Å². The molecule has 0 amide bonds. The predicted octanol–water partition coefficient (Wildman–Crippen LogP) is 2.59. The summed E-state index contributed by atoms with van der Waals surface area (Å²) in [5.41, 5.74) is -14.3.